The van der Waals surface area contributed by atoms with Crippen LogP contribution >= 0.6 is 0 Å². The maximum absolute atomic E-state index is 12.8. The van der Waals surface area contributed by atoms with Crippen LogP contribution in [0.25, 0.3) is 0 Å². The topological polar surface area (TPSA) is 67.6 Å². The maximum atomic E-state index is 12.8. The Kier molecular flexibility index (Phi) is 6.22. The van der Waals surface area contributed by atoms with Crippen LogP contribution in [0.5, 0.6) is 0 Å². The first-order valence-electron chi connectivity index (χ1n) is 8.64. The third-order valence-corrected chi connectivity index (χ3v) is 4.84. The van der Waals surface area contributed by atoms with Crippen molar-refractivity contribution in [3.05, 3.63) is 30.3 Å². The highest BCUT2D eigenvalue weighted by Gasteiger charge is 2.39. The van der Waals surface area contributed by atoms with Gasteiger partial charge in [-0.15, -0.1) is 0 Å². The smallest absolute Gasteiger partial charge is 0.243 e. The number of hydrogen-bond donors (Lipinski definition) is 1. The molecule has 1 aromatic carbocycles. The molecule has 0 saturated heterocycles. The van der Waals surface area contributed by atoms with Crippen molar-refractivity contribution < 1.29 is 9.90 Å². The molecule has 130 valence electrons. The zero-order valence-corrected chi connectivity index (χ0v) is 14.6. The third-order valence-electron chi connectivity index (χ3n) is 4.84. The summed E-state index contributed by atoms with van der Waals surface area (Å²) in [4.78, 5) is 16.3. The van der Waals surface area contributed by atoms with Crippen molar-refractivity contribution in [2.24, 2.45) is 0 Å². The lowest BCUT2D eigenvalue weighted by Gasteiger charge is -2.40. The summed E-state index contributed by atoms with van der Waals surface area (Å²) in [5, 5.41) is 19.4. The van der Waals surface area contributed by atoms with Crippen LogP contribution in [0.1, 0.15) is 39.0 Å². The van der Waals surface area contributed by atoms with E-state index in [4.69, 9.17) is 0 Å². The Balaban J connectivity index is 2.13. The Labute approximate surface area is 144 Å². The molecule has 0 aliphatic heterocycles. The second-order valence-electron chi connectivity index (χ2n) is 6.72. The van der Waals surface area contributed by atoms with E-state index in [1.165, 1.54) is 0 Å². The number of carbonyl (C=O) groups is 1. The van der Waals surface area contributed by atoms with Crippen LogP contribution in [0.15, 0.2) is 30.3 Å². The zero-order valence-electron chi connectivity index (χ0n) is 14.6. The molecular formula is C19H27N3O2. The molecule has 1 fully saturated rings. The summed E-state index contributed by atoms with van der Waals surface area (Å²) in [5.74, 6) is -0.0806. The van der Waals surface area contributed by atoms with E-state index in [2.05, 4.69) is 6.07 Å². The minimum atomic E-state index is -0.678. The fourth-order valence-corrected chi connectivity index (χ4v) is 3.39. The molecule has 1 aliphatic carbocycles. The monoisotopic (exact) mass is 329 g/mol. The lowest BCUT2D eigenvalue weighted by molar-refractivity contribution is -0.133. The number of hydrogen-bond acceptors (Lipinski definition) is 4. The number of aliphatic hydroxyl groups is 1. The van der Waals surface area contributed by atoms with Crippen LogP contribution in [0, 0.1) is 11.3 Å². The molecule has 1 saturated carbocycles. The van der Waals surface area contributed by atoms with Crippen molar-refractivity contribution in [1.29, 1.82) is 5.26 Å². The number of likely N-dealkylation sites (N-methyl/N-ethyl adjacent to an activating group) is 1. The average Bonchev–Trinajstić information content (AvgIpc) is 2.61. The van der Waals surface area contributed by atoms with Gasteiger partial charge in [-0.05, 0) is 31.9 Å². The van der Waals surface area contributed by atoms with E-state index in [9.17, 15) is 15.2 Å². The van der Waals surface area contributed by atoms with E-state index in [0.717, 1.165) is 37.8 Å². The number of nitriles is 1. The molecule has 0 aromatic heterocycles. The number of carbonyl (C=O) groups excluding carboxylic acids is 1. The Morgan fingerprint density at radius 1 is 1.29 bits per heavy atom. The summed E-state index contributed by atoms with van der Waals surface area (Å²) in [6.07, 6.45) is 4.05. The second kappa shape index (κ2) is 8.16. The van der Waals surface area contributed by atoms with Crippen molar-refractivity contribution in [2.75, 3.05) is 25.0 Å². The summed E-state index contributed by atoms with van der Waals surface area (Å²) >= 11 is 0. The Morgan fingerprint density at radius 2 is 1.92 bits per heavy atom. The normalized spacial score (nSPS) is 17.6. The van der Waals surface area contributed by atoms with Crippen molar-refractivity contribution in [3.63, 3.8) is 0 Å². The first-order chi connectivity index (χ1) is 11.5. The van der Waals surface area contributed by atoms with Crippen molar-refractivity contribution in [2.45, 2.75) is 50.7 Å². The van der Waals surface area contributed by atoms with Crippen LogP contribution < -0.4 is 4.90 Å². The first kappa shape index (κ1) is 18.3. The Hall–Kier alpha value is -2.06. The van der Waals surface area contributed by atoms with Gasteiger partial charge in [0.25, 0.3) is 0 Å². The van der Waals surface area contributed by atoms with Gasteiger partial charge in [0.1, 0.15) is 5.54 Å². The number of rotatable bonds is 6. The standard InChI is InChI=1S/C19H27N3O2/c1-16(23)13-22(17-9-5-3-6-10-17)14-18(24)21(2)19(15-20)11-7-4-8-12-19/h3,5-6,9-10,16,23H,4,7-8,11-14H2,1-2H3/t16-/m0/s1. The molecule has 0 heterocycles. The van der Waals surface area contributed by atoms with E-state index >= 15 is 0 Å². The predicted molar refractivity (Wildman–Crippen MR) is 94.5 cm³/mol. The number of aliphatic hydroxyl groups excluding tert-OH is 1. The fraction of sp³-hybridized carbons (Fsp3) is 0.579. The molecule has 0 unspecified atom stereocenters. The molecule has 1 N–H and O–H groups in total. The molecule has 1 amide bonds. The highest BCUT2D eigenvalue weighted by molar-refractivity contribution is 5.82. The van der Waals surface area contributed by atoms with Crippen LogP contribution in [-0.2, 0) is 4.79 Å². The number of nitrogens with zero attached hydrogens (tertiary/aromatic N) is 3. The summed E-state index contributed by atoms with van der Waals surface area (Å²) in [7, 11) is 1.74. The van der Waals surface area contributed by atoms with E-state index in [0.29, 0.717) is 6.54 Å². The number of anilines is 1. The van der Waals surface area contributed by atoms with Gasteiger partial charge in [-0.1, -0.05) is 37.5 Å². The summed E-state index contributed by atoms with van der Waals surface area (Å²) in [6.45, 7) is 2.25. The van der Waals surface area contributed by atoms with Crippen molar-refractivity contribution in [3.8, 4) is 6.07 Å². The van der Waals surface area contributed by atoms with Gasteiger partial charge in [-0.3, -0.25) is 4.79 Å². The Morgan fingerprint density at radius 3 is 2.46 bits per heavy atom. The van der Waals surface area contributed by atoms with Gasteiger partial charge in [-0.25, -0.2) is 0 Å². The minimum Gasteiger partial charge on any atom is -0.392 e. The molecule has 1 atom stereocenters. The first-order valence-corrected chi connectivity index (χ1v) is 8.64. The molecular weight excluding hydrogens is 302 g/mol. The molecule has 1 aliphatic rings. The van der Waals surface area contributed by atoms with Gasteiger partial charge in [0.15, 0.2) is 0 Å². The summed E-state index contributed by atoms with van der Waals surface area (Å²) in [5.41, 5.74) is 0.220. The summed E-state index contributed by atoms with van der Waals surface area (Å²) < 4.78 is 0. The van der Waals surface area contributed by atoms with E-state index in [-0.39, 0.29) is 12.5 Å². The quantitative estimate of drug-likeness (QED) is 0.871. The minimum absolute atomic E-state index is 0.0806. The van der Waals surface area contributed by atoms with Crippen LogP contribution in [0.2, 0.25) is 0 Å². The lowest BCUT2D eigenvalue weighted by Crippen LogP contribution is -2.53. The van der Waals surface area contributed by atoms with Crippen LogP contribution in [0.4, 0.5) is 5.69 Å². The van der Waals surface area contributed by atoms with Gasteiger partial charge < -0.3 is 14.9 Å². The number of benzene rings is 1. The molecule has 2 rings (SSSR count). The molecule has 5 heteroatoms. The lowest BCUT2D eigenvalue weighted by atomic mass is 9.81. The largest absolute Gasteiger partial charge is 0.392 e. The van der Waals surface area contributed by atoms with Crippen LogP contribution in [0.3, 0.4) is 0 Å². The van der Waals surface area contributed by atoms with E-state index in [1.54, 1.807) is 18.9 Å². The van der Waals surface area contributed by atoms with Crippen LogP contribution in [-0.4, -0.2) is 47.7 Å². The molecule has 5 nitrogen and oxygen atoms in total. The van der Waals surface area contributed by atoms with Gasteiger partial charge in [0.2, 0.25) is 5.91 Å². The Bertz CT molecular complexity index is 574. The molecule has 0 radical (unpaired) electrons. The molecule has 0 bridgehead atoms. The zero-order chi connectivity index (χ0) is 17.6. The SMILES string of the molecule is C[C@H](O)CN(CC(=O)N(C)C1(C#N)CCCCC1)c1ccccc1. The number of amides is 1. The molecule has 1 aromatic rings. The van der Waals surface area contributed by atoms with E-state index < -0.39 is 11.6 Å². The van der Waals surface area contributed by atoms with Gasteiger partial charge in [0.05, 0.1) is 18.7 Å². The summed E-state index contributed by atoms with van der Waals surface area (Å²) in [6, 6.07) is 12.0. The van der Waals surface area contributed by atoms with Crippen molar-refractivity contribution >= 4 is 11.6 Å². The second-order valence-corrected chi connectivity index (χ2v) is 6.72. The number of para-hydroxylation sites is 1. The van der Waals surface area contributed by atoms with Gasteiger partial charge in [-0.2, -0.15) is 5.26 Å². The highest BCUT2D eigenvalue weighted by atomic mass is 16.3. The molecule has 0 spiro atoms. The van der Waals surface area contributed by atoms with Gasteiger partial charge in [0, 0.05) is 19.3 Å². The average molecular weight is 329 g/mol. The van der Waals surface area contributed by atoms with E-state index in [1.807, 2.05) is 35.2 Å². The third kappa shape index (κ3) is 4.27. The van der Waals surface area contributed by atoms with Crippen molar-refractivity contribution in [1.82, 2.24) is 4.90 Å². The molecule has 24 heavy (non-hydrogen) atoms. The predicted octanol–water partition coefficient (Wildman–Crippen LogP) is 2.56. The van der Waals surface area contributed by atoms with Gasteiger partial charge >= 0.3 is 0 Å². The maximum Gasteiger partial charge on any atom is 0.243 e. The fourth-order valence-electron chi connectivity index (χ4n) is 3.39. The highest BCUT2D eigenvalue weighted by Crippen LogP contribution is 2.32.